The first-order chi connectivity index (χ1) is 9.72. The number of hydrogen-bond donors (Lipinski definition) is 0. The Kier molecular flexibility index (Phi) is 2.66. The molecule has 0 N–H and O–H groups in total. The van der Waals surface area contributed by atoms with Crippen LogP contribution < -0.4 is 0 Å². The highest BCUT2D eigenvalue weighted by atomic mass is 19.1. The van der Waals surface area contributed by atoms with E-state index in [1.165, 1.54) is 11.1 Å². The molecular weight excluding hydrogens is 254 g/mol. The van der Waals surface area contributed by atoms with Gasteiger partial charge in [0.15, 0.2) is 0 Å². The summed E-state index contributed by atoms with van der Waals surface area (Å²) in [6.45, 7) is 0. The first-order valence-corrected chi connectivity index (χ1v) is 7.29. The van der Waals surface area contributed by atoms with Gasteiger partial charge >= 0.3 is 0 Å². The Hall–Kier alpha value is -1.70. The van der Waals surface area contributed by atoms with Crippen LogP contribution in [-0.2, 0) is 12.8 Å². The number of halogens is 2. The second-order valence-electron chi connectivity index (χ2n) is 5.98. The van der Waals surface area contributed by atoms with Crippen molar-refractivity contribution in [3.8, 4) is 0 Å². The molecule has 0 saturated heterocycles. The van der Waals surface area contributed by atoms with E-state index in [-0.39, 0.29) is 11.6 Å². The van der Waals surface area contributed by atoms with Crippen LogP contribution in [-0.4, -0.2) is 0 Å². The topological polar surface area (TPSA) is 0 Å². The lowest BCUT2D eigenvalue weighted by atomic mass is 9.66. The van der Waals surface area contributed by atoms with Crippen molar-refractivity contribution in [3.63, 3.8) is 0 Å². The summed E-state index contributed by atoms with van der Waals surface area (Å²) < 4.78 is 26.7. The predicted octanol–water partition coefficient (Wildman–Crippen LogP) is 4.72. The summed E-state index contributed by atoms with van der Waals surface area (Å²) >= 11 is 0. The molecule has 0 heterocycles. The molecule has 0 aromatic heterocycles. The fraction of sp³-hybridized carbons (Fsp3) is 0.333. The molecule has 2 aliphatic carbocycles. The van der Waals surface area contributed by atoms with E-state index >= 15 is 0 Å². The van der Waals surface area contributed by atoms with Gasteiger partial charge in [0.05, 0.1) is 0 Å². The van der Waals surface area contributed by atoms with E-state index in [1.807, 2.05) is 12.1 Å². The molecule has 0 bridgehead atoms. The normalized spacial score (nSPS) is 23.7. The molecule has 2 aliphatic rings. The predicted molar refractivity (Wildman–Crippen MR) is 74.9 cm³/mol. The van der Waals surface area contributed by atoms with Gasteiger partial charge in [0, 0.05) is 0 Å². The lowest BCUT2D eigenvalue weighted by molar-refractivity contribution is 0.421. The Bertz CT molecular complexity index is 616. The minimum atomic E-state index is -0.138. The van der Waals surface area contributed by atoms with Crippen LogP contribution in [0.15, 0.2) is 36.4 Å². The summed E-state index contributed by atoms with van der Waals surface area (Å²) in [5.41, 5.74) is 4.93. The van der Waals surface area contributed by atoms with E-state index in [4.69, 9.17) is 0 Å². The van der Waals surface area contributed by atoms with E-state index in [9.17, 15) is 8.78 Å². The first-order valence-electron chi connectivity index (χ1n) is 7.29. The number of hydrogen-bond acceptors (Lipinski definition) is 0. The standard InChI is InChI=1S/C18H16F2/c19-13-3-7-15-11(9-13)1-5-17-16-8-4-14(20)10-12(16)2-6-18(15)17/h3-4,7-10,17-18H,1-2,5-6H2/t17-,18+. The van der Waals surface area contributed by atoms with Crippen molar-refractivity contribution >= 4 is 0 Å². The van der Waals surface area contributed by atoms with Crippen LogP contribution in [0.2, 0.25) is 0 Å². The van der Waals surface area contributed by atoms with Gasteiger partial charge in [0.25, 0.3) is 0 Å². The van der Waals surface area contributed by atoms with Gasteiger partial charge in [0.1, 0.15) is 11.6 Å². The fourth-order valence-electron chi connectivity index (χ4n) is 4.07. The van der Waals surface area contributed by atoms with Gasteiger partial charge in [-0.15, -0.1) is 0 Å². The Balaban J connectivity index is 1.79. The Labute approximate surface area is 117 Å². The molecule has 0 unspecified atom stereocenters. The molecule has 2 aromatic rings. The van der Waals surface area contributed by atoms with Crippen molar-refractivity contribution in [1.82, 2.24) is 0 Å². The van der Waals surface area contributed by atoms with Crippen molar-refractivity contribution in [2.24, 2.45) is 0 Å². The van der Waals surface area contributed by atoms with Crippen LogP contribution in [0.5, 0.6) is 0 Å². The number of aryl methyl sites for hydroxylation is 2. The molecule has 0 radical (unpaired) electrons. The van der Waals surface area contributed by atoms with E-state index in [0.29, 0.717) is 11.8 Å². The molecule has 2 heteroatoms. The lowest BCUT2D eigenvalue weighted by Gasteiger charge is -2.38. The fourth-order valence-corrected chi connectivity index (χ4v) is 4.07. The molecular formula is C18H16F2. The van der Waals surface area contributed by atoms with Gasteiger partial charge in [-0.05, 0) is 84.0 Å². The van der Waals surface area contributed by atoms with Gasteiger partial charge in [-0.3, -0.25) is 0 Å². The maximum absolute atomic E-state index is 13.4. The van der Waals surface area contributed by atoms with Crippen molar-refractivity contribution < 1.29 is 8.78 Å². The van der Waals surface area contributed by atoms with Crippen LogP contribution in [0, 0.1) is 11.6 Å². The van der Waals surface area contributed by atoms with Crippen molar-refractivity contribution in [2.75, 3.05) is 0 Å². The molecule has 2 aromatic carbocycles. The molecule has 0 aliphatic heterocycles. The minimum Gasteiger partial charge on any atom is -0.207 e. The summed E-state index contributed by atoms with van der Waals surface area (Å²) in [6, 6.07) is 10.4. The van der Waals surface area contributed by atoms with E-state index in [0.717, 1.165) is 36.8 Å². The van der Waals surface area contributed by atoms with Crippen LogP contribution >= 0.6 is 0 Å². The summed E-state index contributed by atoms with van der Waals surface area (Å²) in [5.74, 6) is 0.663. The number of benzene rings is 2. The zero-order valence-corrected chi connectivity index (χ0v) is 11.2. The summed E-state index contributed by atoms with van der Waals surface area (Å²) in [5, 5.41) is 0. The Morgan fingerprint density at radius 1 is 0.700 bits per heavy atom. The second-order valence-corrected chi connectivity index (χ2v) is 5.98. The highest BCUT2D eigenvalue weighted by Gasteiger charge is 2.34. The smallest absolute Gasteiger partial charge is 0.123 e. The summed E-state index contributed by atoms with van der Waals surface area (Å²) in [6.07, 6.45) is 3.93. The first kappa shape index (κ1) is 12.1. The molecule has 0 amide bonds. The van der Waals surface area contributed by atoms with Gasteiger partial charge < -0.3 is 0 Å². The molecule has 4 rings (SSSR count). The monoisotopic (exact) mass is 270 g/mol. The minimum absolute atomic E-state index is 0.138. The maximum atomic E-state index is 13.4. The van der Waals surface area contributed by atoms with Crippen molar-refractivity contribution in [2.45, 2.75) is 37.5 Å². The van der Waals surface area contributed by atoms with Crippen molar-refractivity contribution in [1.29, 1.82) is 0 Å². The molecule has 2 atom stereocenters. The molecule has 0 nitrogen and oxygen atoms in total. The lowest BCUT2D eigenvalue weighted by Crippen LogP contribution is -2.24. The average Bonchev–Trinajstić information content (AvgIpc) is 2.45. The third-order valence-electron chi connectivity index (χ3n) is 4.94. The highest BCUT2D eigenvalue weighted by Crippen LogP contribution is 2.48. The van der Waals surface area contributed by atoms with Gasteiger partial charge in [-0.1, -0.05) is 12.1 Å². The van der Waals surface area contributed by atoms with Gasteiger partial charge in [-0.25, -0.2) is 8.78 Å². The van der Waals surface area contributed by atoms with Gasteiger partial charge in [0.2, 0.25) is 0 Å². The zero-order valence-electron chi connectivity index (χ0n) is 11.2. The molecule has 0 fully saturated rings. The SMILES string of the molecule is Fc1ccc2c(c1)CC[C@H]1c3ccc(F)cc3CC[C@H]21. The maximum Gasteiger partial charge on any atom is 0.123 e. The molecule has 102 valence electrons. The number of fused-ring (bicyclic) bond motifs is 5. The molecule has 0 saturated carbocycles. The third kappa shape index (κ3) is 1.78. The van der Waals surface area contributed by atoms with E-state index < -0.39 is 0 Å². The van der Waals surface area contributed by atoms with Crippen molar-refractivity contribution in [3.05, 3.63) is 70.3 Å². The largest absolute Gasteiger partial charge is 0.207 e. The summed E-state index contributed by atoms with van der Waals surface area (Å²) in [7, 11) is 0. The van der Waals surface area contributed by atoms with Crippen LogP contribution in [0.4, 0.5) is 8.78 Å². The summed E-state index contributed by atoms with van der Waals surface area (Å²) in [4.78, 5) is 0. The average molecular weight is 270 g/mol. The number of rotatable bonds is 0. The highest BCUT2D eigenvalue weighted by molar-refractivity contribution is 5.43. The Morgan fingerprint density at radius 2 is 1.15 bits per heavy atom. The van der Waals surface area contributed by atoms with E-state index in [2.05, 4.69) is 0 Å². The third-order valence-corrected chi connectivity index (χ3v) is 4.94. The Morgan fingerprint density at radius 3 is 1.60 bits per heavy atom. The molecule has 20 heavy (non-hydrogen) atoms. The molecule has 0 spiro atoms. The quantitative estimate of drug-likeness (QED) is 0.649. The van der Waals surface area contributed by atoms with Crippen LogP contribution in [0.25, 0.3) is 0 Å². The van der Waals surface area contributed by atoms with Crippen LogP contribution in [0.1, 0.15) is 46.9 Å². The second kappa shape index (κ2) is 4.41. The van der Waals surface area contributed by atoms with E-state index in [1.54, 1.807) is 24.3 Å². The van der Waals surface area contributed by atoms with Gasteiger partial charge in [-0.2, -0.15) is 0 Å². The zero-order chi connectivity index (χ0) is 13.7. The van der Waals surface area contributed by atoms with Crippen LogP contribution in [0.3, 0.4) is 0 Å².